The SMILES string of the molecule is [C-]#[N+]c1ccc(-n2c3ccccc3c3ccc4c(c5ccccc5n4-c4ccccc4)c32)c(-c2cc(C#N)ccc2-n2c3ccccc3c3ccc4c(c5ccccc5n4-c4ccccc4)c32)c1. The van der Waals surface area contributed by atoms with Gasteiger partial charge >= 0.3 is 0 Å². The fourth-order valence-corrected chi connectivity index (χ4v) is 11.2. The van der Waals surface area contributed by atoms with Gasteiger partial charge in [0.05, 0.1) is 73.7 Å². The van der Waals surface area contributed by atoms with Crippen molar-refractivity contribution >= 4 is 92.9 Å². The van der Waals surface area contributed by atoms with Gasteiger partial charge in [-0.15, -0.1) is 0 Å². The third-order valence-electron chi connectivity index (χ3n) is 14.0. The van der Waals surface area contributed by atoms with E-state index in [2.05, 4.69) is 223 Å². The summed E-state index contributed by atoms with van der Waals surface area (Å²) in [5.74, 6) is 0. The minimum absolute atomic E-state index is 0.513. The van der Waals surface area contributed by atoms with Crippen molar-refractivity contribution in [1.29, 1.82) is 5.26 Å². The standard InChI is InChI=1S/C62H36N6/c1-64-40-29-33-56(68-52-25-13-9-21-44(52)46-31-35-58-60(62(46)68)48-23-11-15-27-54(48)66(58)42-18-6-3-7-19-42)50(37-40)49-36-39(38-63)28-32-55(49)67-51-24-12-8-20-43(51)45-30-34-57-59(61(45)67)47-22-10-14-26-53(47)65(57)41-16-4-2-5-17-41/h2-37H. The highest BCUT2D eigenvalue weighted by molar-refractivity contribution is 6.28. The maximum absolute atomic E-state index is 10.7. The first-order valence-corrected chi connectivity index (χ1v) is 22.8. The molecule has 4 heterocycles. The number of aromatic nitrogens is 4. The van der Waals surface area contributed by atoms with Crippen LogP contribution in [0.25, 0.3) is 126 Å². The van der Waals surface area contributed by atoms with Crippen LogP contribution in [-0.2, 0) is 0 Å². The highest BCUT2D eigenvalue weighted by Gasteiger charge is 2.26. The summed E-state index contributed by atoms with van der Waals surface area (Å²) in [5, 5.41) is 19.8. The molecule has 0 atom stereocenters. The minimum Gasteiger partial charge on any atom is -0.309 e. The predicted octanol–water partition coefficient (Wildman–Crippen LogP) is 16.2. The normalized spacial score (nSPS) is 11.8. The number of fused-ring (bicyclic) bond motifs is 14. The molecule has 0 N–H and O–H groups in total. The molecule has 4 aromatic heterocycles. The van der Waals surface area contributed by atoms with E-state index in [0.717, 1.165) is 121 Å². The molecule has 0 spiro atoms. The largest absolute Gasteiger partial charge is 0.309 e. The van der Waals surface area contributed by atoms with E-state index in [1.54, 1.807) is 0 Å². The number of hydrogen-bond donors (Lipinski definition) is 0. The molecule has 0 saturated carbocycles. The summed E-state index contributed by atoms with van der Waals surface area (Å²) in [7, 11) is 0. The third kappa shape index (κ3) is 5.20. The van der Waals surface area contributed by atoms with Gasteiger partial charge in [0.25, 0.3) is 0 Å². The molecule has 0 aliphatic heterocycles. The van der Waals surface area contributed by atoms with E-state index in [1.807, 2.05) is 24.3 Å². The average molecular weight is 865 g/mol. The van der Waals surface area contributed by atoms with Crippen LogP contribution in [0.1, 0.15) is 5.56 Å². The van der Waals surface area contributed by atoms with Gasteiger partial charge in [-0.3, -0.25) is 0 Å². The van der Waals surface area contributed by atoms with E-state index in [0.29, 0.717) is 11.3 Å². The quantitative estimate of drug-likeness (QED) is 0.159. The zero-order valence-electron chi connectivity index (χ0n) is 36.5. The molecule has 314 valence electrons. The fraction of sp³-hybridized carbons (Fsp3) is 0. The fourth-order valence-electron chi connectivity index (χ4n) is 11.2. The van der Waals surface area contributed by atoms with Crippen molar-refractivity contribution < 1.29 is 0 Å². The Morgan fingerprint density at radius 2 is 0.765 bits per heavy atom. The summed E-state index contributed by atoms with van der Waals surface area (Å²) >= 11 is 0. The molecule has 0 saturated heterocycles. The molecule has 0 radical (unpaired) electrons. The lowest BCUT2D eigenvalue weighted by Gasteiger charge is -2.20. The lowest BCUT2D eigenvalue weighted by molar-refractivity contribution is 1.16. The van der Waals surface area contributed by atoms with Crippen LogP contribution in [0.5, 0.6) is 0 Å². The smallest absolute Gasteiger partial charge is 0.188 e. The lowest BCUT2D eigenvalue weighted by atomic mass is 9.97. The Hall–Kier alpha value is -9.62. The van der Waals surface area contributed by atoms with Crippen molar-refractivity contribution in [2.45, 2.75) is 0 Å². The van der Waals surface area contributed by atoms with E-state index in [1.165, 1.54) is 0 Å². The number of para-hydroxylation sites is 6. The molecule has 14 aromatic rings. The summed E-state index contributed by atoms with van der Waals surface area (Å²) in [5.41, 5.74) is 15.5. The highest BCUT2D eigenvalue weighted by Crippen LogP contribution is 2.47. The predicted molar refractivity (Wildman–Crippen MR) is 280 cm³/mol. The lowest BCUT2D eigenvalue weighted by Crippen LogP contribution is -2.02. The monoisotopic (exact) mass is 864 g/mol. The van der Waals surface area contributed by atoms with E-state index in [9.17, 15) is 5.26 Å². The Morgan fingerprint density at radius 3 is 1.24 bits per heavy atom. The van der Waals surface area contributed by atoms with E-state index < -0.39 is 0 Å². The maximum atomic E-state index is 10.7. The van der Waals surface area contributed by atoms with Gasteiger partial charge in [0, 0.05) is 60.0 Å². The van der Waals surface area contributed by atoms with E-state index in [-0.39, 0.29) is 0 Å². The van der Waals surface area contributed by atoms with Gasteiger partial charge in [0.2, 0.25) is 0 Å². The van der Waals surface area contributed by atoms with Crippen molar-refractivity contribution in [2.75, 3.05) is 0 Å². The number of benzene rings is 10. The number of nitriles is 1. The van der Waals surface area contributed by atoms with Gasteiger partial charge in [-0.1, -0.05) is 127 Å². The molecule has 0 fully saturated rings. The van der Waals surface area contributed by atoms with Crippen molar-refractivity contribution in [1.82, 2.24) is 18.3 Å². The zero-order chi connectivity index (χ0) is 45.0. The molecule has 0 aliphatic rings. The second-order valence-electron chi connectivity index (χ2n) is 17.5. The Morgan fingerprint density at radius 1 is 0.353 bits per heavy atom. The van der Waals surface area contributed by atoms with Crippen LogP contribution in [0, 0.1) is 17.9 Å². The molecule has 0 unspecified atom stereocenters. The van der Waals surface area contributed by atoms with Crippen LogP contribution in [0.2, 0.25) is 0 Å². The van der Waals surface area contributed by atoms with Gasteiger partial charge in [-0.2, -0.15) is 5.26 Å². The molecule has 0 aliphatic carbocycles. The van der Waals surface area contributed by atoms with Crippen molar-refractivity contribution in [3.05, 3.63) is 235 Å². The first kappa shape index (κ1) is 37.7. The molecule has 0 amide bonds. The second kappa shape index (κ2) is 14.4. The zero-order valence-corrected chi connectivity index (χ0v) is 36.5. The summed E-state index contributed by atoms with van der Waals surface area (Å²) in [6, 6.07) is 79.3. The summed E-state index contributed by atoms with van der Waals surface area (Å²) in [6.45, 7) is 8.38. The van der Waals surface area contributed by atoms with Crippen LogP contribution in [0.4, 0.5) is 5.69 Å². The van der Waals surface area contributed by atoms with Gasteiger partial charge < -0.3 is 18.3 Å². The Balaban J connectivity index is 1.14. The maximum Gasteiger partial charge on any atom is 0.188 e. The summed E-state index contributed by atoms with van der Waals surface area (Å²) < 4.78 is 9.53. The minimum atomic E-state index is 0.513. The van der Waals surface area contributed by atoms with Crippen LogP contribution >= 0.6 is 0 Å². The molecule has 10 aromatic carbocycles. The van der Waals surface area contributed by atoms with Crippen molar-refractivity contribution in [3.8, 4) is 39.9 Å². The van der Waals surface area contributed by atoms with Crippen LogP contribution in [-0.4, -0.2) is 18.3 Å². The average Bonchev–Trinajstić information content (AvgIpc) is 4.14. The first-order chi connectivity index (χ1) is 33.7. The molecule has 68 heavy (non-hydrogen) atoms. The van der Waals surface area contributed by atoms with Crippen LogP contribution in [0.15, 0.2) is 218 Å². The van der Waals surface area contributed by atoms with Crippen molar-refractivity contribution in [3.63, 3.8) is 0 Å². The molecular formula is C62H36N6. The number of rotatable bonds is 5. The van der Waals surface area contributed by atoms with Gasteiger partial charge in [0.15, 0.2) is 5.69 Å². The molecule has 6 heteroatoms. The van der Waals surface area contributed by atoms with Crippen LogP contribution < -0.4 is 0 Å². The van der Waals surface area contributed by atoms with Crippen molar-refractivity contribution in [2.24, 2.45) is 0 Å². The summed E-state index contributed by atoms with van der Waals surface area (Å²) in [4.78, 5) is 4.04. The third-order valence-corrected chi connectivity index (χ3v) is 14.0. The molecule has 0 bridgehead atoms. The van der Waals surface area contributed by atoms with Gasteiger partial charge in [-0.05, 0) is 96.6 Å². The Kier molecular flexibility index (Phi) is 8.01. The topological polar surface area (TPSA) is 47.9 Å². The van der Waals surface area contributed by atoms with E-state index in [4.69, 9.17) is 6.57 Å². The summed E-state index contributed by atoms with van der Waals surface area (Å²) in [6.07, 6.45) is 0. The van der Waals surface area contributed by atoms with Gasteiger partial charge in [0.1, 0.15) is 0 Å². The molecule has 14 rings (SSSR count). The number of hydrogen-bond acceptors (Lipinski definition) is 1. The van der Waals surface area contributed by atoms with E-state index >= 15 is 0 Å². The first-order valence-electron chi connectivity index (χ1n) is 22.8. The highest BCUT2D eigenvalue weighted by atomic mass is 15.0. The van der Waals surface area contributed by atoms with Crippen LogP contribution in [0.3, 0.4) is 0 Å². The number of nitrogens with zero attached hydrogens (tertiary/aromatic N) is 6. The molecule has 6 nitrogen and oxygen atoms in total. The van der Waals surface area contributed by atoms with Gasteiger partial charge in [-0.25, -0.2) is 4.85 Å². The molecular weight excluding hydrogens is 829 g/mol. The Labute approximate surface area is 390 Å². The second-order valence-corrected chi connectivity index (χ2v) is 17.5. The Bertz CT molecular complexity index is 4220.